The van der Waals surface area contributed by atoms with Gasteiger partial charge >= 0.3 is 0 Å². The highest BCUT2D eigenvalue weighted by Gasteiger charge is 2.14. The molecule has 0 aliphatic carbocycles. The highest BCUT2D eigenvalue weighted by atomic mass is 32.1. The fourth-order valence-corrected chi connectivity index (χ4v) is 4.67. The van der Waals surface area contributed by atoms with Crippen molar-refractivity contribution in [2.24, 2.45) is 5.73 Å². The fraction of sp³-hybridized carbons (Fsp3) is 0.185. The molecule has 0 unspecified atom stereocenters. The van der Waals surface area contributed by atoms with E-state index in [1.54, 1.807) is 6.07 Å². The lowest BCUT2D eigenvalue weighted by Crippen LogP contribution is -2.23. The van der Waals surface area contributed by atoms with Crippen LogP contribution in [0.2, 0.25) is 0 Å². The Morgan fingerprint density at radius 3 is 2.53 bits per heavy atom. The van der Waals surface area contributed by atoms with E-state index in [1.807, 2.05) is 60.0 Å². The molecular formula is C27H27N5O3S. The number of carbonyl (C=O) groups is 1. The summed E-state index contributed by atoms with van der Waals surface area (Å²) in [5.74, 6) is -0.131. The highest BCUT2D eigenvalue weighted by molar-refractivity contribution is 7.14. The first-order chi connectivity index (χ1) is 17.5. The van der Waals surface area contributed by atoms with Crippen LogP contribution in [0, 0.1) is 10.1 Å². The minimum absolute atomic E-state index is 0.0441. The van der Waals surface area contributed by atoms with E-state index in [1.165, 1.54) is 23.5 Å². The first-order valence-corrected chi connectivity index (χ1v) is 12.4. The average molecular weight is 502 g/mol. The number of benzene rings is 3. The van der Waals surface area contributed by atoms with E-state index < -0.39 is 4.92 Å². The van der Waals surface area contributed by atoms with Gasteiger partial charge in [-0.2, -0.15) is 0 Å². The Balaban J connectivity index is 1.39. The zero-order valence-corrected chi connectivity index (χ0v) is 20.7. The Kier molecular flexibility index (Phi) is 8.04. The van der Waals surface area contributed by atoms with Gasteiger partial charge in [-0.25, -0.2) is 4.98 Å². The lowest BCUT2D eigenvalue weighted by Gasteiger charge is -2.20. The van der Waals surface area contributed by atoms with Gasteiger partial charge < -0.3 is 16.0 Å². The highest BCUT2D eigenvalue weighted by Crippen LogP contribution is 2.30. The third-order valence-corrected chi connectivity index (χ3v) is 6.67. The molecule has 0 fully saturated rings. The Bertz CT molecular complexity index is 1350. The summed E-state index contributed by atoms with van der Waals surface area (Å²) in [7, 11) is 0. The molecule has 4 rings (SSSR count). The lowest BCUT2D eigenvalue weighted by atomic mass is 10.1. The zero-order chi connectivity index (χ0) is 25.5. The Labute approximate surface area is 213 Å². The molecule has 184 valence electrons. The van der Waals surface area contributed by atoms with Gasteiger partial charge in [-0.05, 0) is 35.7 Å². The maximum absolute atomic E-state index is 12.6. The van der Waals surface area contributed by atoms with Crippen LogP contribution in [0.1, 0.15) is 34.0 Å². The maximum Gasteiger partial charge on any atom is 0.270 e. The summed E-state index contributed by atoms with van der Waals surface area (Å²) in [6, 6.07) is 21.9. The van der Waals surface area contributed by atoms with Crippen LogP contribution in [-0.4, -0.2) is 22.4 Å². The van der Waals surface area contributed by atoms with Crippen molar-refractivity contribution in [3.05, 3.63) is 111 Å². The molecule has 9 heteroatoms. The molecular weight excluding hydrogens is 474 g/mol. The third-order valence-electron chi connectivity index (χ3n) is 5.77. The van der Waals surface area contributed by atoms with E-state index in [0.29, 0.717) is 36.5 Å². The Morgan fingerprint density at radius 2 is 1.81 bits per heavy atom. The van der Waals surface area contributed by atoms with Gasteiger partial charge in [0.2, 0.25) is 0 Å². The zero-order valence-electron chi connectivity index (χ0n) is 19.9. The molecule has 3 aromatic carbocycles. The first kappa shape index (κ1) is 25.0. The van der Waals surface area contributed by atoms with Gasteiger partial charge in [0.1, 0.15) is 0 Å². The molecule has 8 nitrogen and oxygen atoms in total. The molecule has 0 spiro atoms. The van der Waals surface area contributed by atoms with E-state index in [-0.39, 0.29) is 11.6 Å². The van der Waals surface area contributed by atoms with Gasteiger partial charge in [0, 0.05) is 54.8 Å². The van der Waals surface area contributed by atoms with Gasteiger partial charge in [0.05, 0.1) is 10.6 Å². The van der Waals surface area contributed by atoms with Crippen LogP contribution in [0.5, 0.6) is 0 Å². The number of hydrogen-bond acceptors (Lipinski definition) is 7. The molecule has 3 N–H and O–H groups in total. The number of nitrogens with two attached hydrogens (primary N) is 1. The molecule has 0 saturated heterocycles. The second kappa shape index (κ2) is 11.6. The molecule has 1 heterocycles. The lowest BCUT2D eigenvalue weighted by molar-refractivity contribution is -0.384. The van der Waals surface area contributed by atoms with Crippen LogP contribution < -0.4 is 16.0 Å². The number of amides is 1. The molecule has 0 aliphatic heterocycles. The van der Waals surface area contributed by atoms with Crippen molar-refractivity contribution in [3.8, 4) is 11.3 Å². The number of hydrogen-bond donors (Lipinski definition) is 2. The number of non-ortho nitro benzene ring substituents is 1. The van der Waals surface area contributed by atoms with Crippen molar-refractivity contribution in [1.82, 2.24) is 10.3 Å². The number of nitro groups is 1. The van der Waals surface area contributed by atoms with Crippen LogP contribution in [0.25, 0.3) is 11.3 Å². The SMILES string of the molecule is CCN(Cc1ccc(C(=O)NCc2cccc(CN)c2)cc1)c1nc(-c2cccc([N+](=O)[O-])c2)cs1. The standard InChI is InChI=1S/C27H27N5O3S/c1-2-31(27-30-25(18-36-27)23-7-4-8-24(14-23)32(34)35)17-19-9-11-22(12-10-19)26(33)29-16-21-6-3-5-20(13-21)15-28/h3-14,18H,2,15-17,28H2,1H3,(H,29,33). The van der Waals surface area contributed by atoms with E-state index >= 15 is 0 Å². The van der Waals surface area contributed by atoms with E-state index in [0.717, 1.165) is 28.4 Å². The van der Waals surface area contributed by atoms with Crippen LogP contribution in [0.15, 0.2) is 78.2 Å². The van der Waals surface area contributed by atoms with E-state index in [9.17, 15) is 14.9 Å². The second-order valence-electron chi connectivity index (χ2n) is 8.24. The number of nitrogens with one attached hydrogen (secondary N) is 1. The molecule has 0 atom stereocenters. The van der Waals surface area contributed by atoms with E-state index in [2.05, 4.69) is 17.1 Å². The number of carbonyl (C=O) groups excluding carboxylic acids is 1. The topological polar surface area (TPSA) is 114 Å². The normalized spacial score (nSPS) is 10.7. The smallest absolute Gasteiger partial charge is 0.270 e. The van der Waals surface area contributed by atoms with Gasteiger partial charge in [-0.3, -0.25) is 14.9 Å². The number of rotatable bonds is 10. The molecule has 0 saturated carbocycles. The first-order valence-electron chi connectivity index (χ1n) is 11.6. The summed E-state index contributed by atoms with van der Waals surface area (Å²) in [4.78, 5) is 30.1. The van der Waals surface area contributed by atoms with Gasteiger partial charge in [0.15, 0.2) is 5.13 Å². The van der Waals surface area contributed by atoms with Crippen LogP contribution >= 0.6 is 11.3 Å². The number of thiazole rings is 1. The van der Waals surface area contributed by atoms with Crippen LogP contribution in [-0.2, 0) is 19.6 Å². The minimum atomic E-state index is -0.404. The molecule has 0 bridgehead atoms. The second-order valence-corrected chi connectivity index (χ2v) is 9.08. The van der Waals surface area contributed by atoms with Crippen LogP contribution in [0.4, 0.5) is 10.8 Å². The molecule has 1 aromatic heterocycles. The summed E-state index contributed by atoms with van der Waals surface area (Å²) in [5, 5.41) is 16.8. The fourth-order valence-electron chi connectivity index (χ4n) is 3.77. The quantitative estimate of drug-likeness (QED) is 0.230. The van der Waals surface area contributed by atoms with Gasteiger partial charge in [-0.1, -0.05) is 48.5 Å². The predicted octanol–water partition coefficient (Wildman–Crippen LogP) is 5.13. The third kappa shape index (κ3) is 6.12. The minimum Gasteiger partial charge on any atom is -0.348 e. The summed E-state index contributed by atoms with van der Waals surface area (Å²) in [6.45, 7) is 4.33. The van der Waals surface area contributed by atoms with Gasteiger partial charge in [0.25, 0.3) is 11.6 Å². The number of nitro benzene ring substituents is 1. The van der Waals surface area contributed by atoms with Crippen molar-refractivity contribution in [1.29, 1.82) is 0 Å². The summed E-state index contributed by atoms with van der Waals surface area (Å²) in [5.41, 5.74) is 10.8. The van der Waals surface area contributed by atoms with Crippen molar-refractivity contribution < 1.29 is 9.72 Å². The Morgan fingerprint density at radius 1 is 1.06 bits per heavy atom. The largest absolute Gasteiger partial charge is 0.348 e. The number of anilines is 1. The monoisotopic (exact) mass is 501 g/mol. The summed E-state index contributed by atoms with van der Waals surface area (Å²) in [6.07, 6.45) is 0. The summed E-state index contributed by atoms with van der Waals surface area (Å²) >= 11 is 1.50. The van der Waals surface area contributed by atoms with Crippen molar-refractivity contribution in [2.75, 3.05) is 11.4 Å². The summed E-state index contributed by atoms with van der Waals surface area (Å²) < 4.78 is 0. The van der Waals surface area contributed by atoms with Gasteiger partial charge in [-0.15, -0.1) is 11.3 Å². The average Bonchev–Trinajstić information content (AvgIpc) is 3.41. The van der Waals surface area contributed by atoms with Crippen molar-refractivity contribution in [2.45, 2.75) is 26.6 Å². The van der Waals surface area contributed by atoms with E-state index in [4.69, 9.17) is 10.7 Å². The van der Waals surface area contributed by atoms with Crippen molar-refractivity contribution in [3.63, 3.8) is 0 Å². The number of aromatic nitrogens is 1. The molecule has 4 aromatic rings. The molecule has 0 radical (unpaired) electrons. The van der Waals surface area contributed by atoms with Crippen molar-refractivity contribution >= 4 is 28.1 Å². The maximum atomic E-state index is 12.6. The molecule has 0 aliphatic rings. The molecule has 1 amide bonds. The molecule has 36 heavy (non-hydrogen) atoms. The Hall–Kier alpha value is -4.08. The predicted molar refractivity (Wildman–Crippen MR) is 143 cm³/mol. The van der Waals surface area contributed by atoms with Crippen LogP contribution in [0.3, 0.4) is 0 Å². The number of nitrogens with zero attached hydrogens (tertiary/aromatic N) is 3.